The fourth-order valence-electron chi connectivity index (χ4n) is 2.95. The van der Waals surface area contributed by atoms with Crippen molar-refractivity contribution >= 4 is 11.9 Å². The molecule has 1 aliphatic heterocycles. The molecule has 0 spiro atoms. The van der Waals surface area contributed by atoms with Crippen LogP contribution in [-0.2, 0) is 23.2 Å². The summed E-state index contributed by atoms with van der Waals surface area (Å²) in [6.07, 6.45) is 3.30. The van der Waals surface area contributed by atoms with Gasteiger partial charge in [-0.1, -0.05) is 30.3 Å². The van der Waals surface area contributed by atoms with Crippen LogP contribution in [0.15, 0.2) is 54.7 Å². The number of aromatic nitrogens is 1. The number of carboxylic acids is 2. The van der Waals surface area contributed by atoms with Gasteiger partial charge >= 0.3 is 11.9 Å². The molecule has 3 rings (SSSR count). The lowest BCUT2D eigenvalue weighted by molar-refractivity contribution is -0.134. The lowest BCUT2D eigenvalue weighted by atomic mass is 9.88. The highest BCUT2D eigenvalue weighted by atomic mass is 16.4. The predicted octanol–water partition coefficient (Wildman–Crippen LogP) is 2.31. The Balaban J connectivity index is 0.000000242. The van der Waals surface area contributed by atoms with Crippen LogP contribution in [0.2, 0.25) is 0 Å². The summed E-state index contributed by atoms with van der Waals surface area (Å²) >= 11 is 0. The number of hydrogen-bond acceptors (Lipinski definition) is 3. The quantitative estimate of drug-likeness (QED) is 0.837. The van der Waals surface area contributed by atoms with E-state index in [1.54, 1.807) is 0 Å². The van der Waals surface area contributed by atoms with Gasteiger partial charge in [0.2, 0.25) is 0 Å². The Bertz CT molecular complexity index is 749. The van der Waals surface area contributed by atoms with E-state index < -0.39 is 11.9 Å². The normalized spacial score (nSPS) is 16.8. The molecule has 0 fully saturated rings. The summed E-state index contributed by atoms with van der Waals surface area (Å²) in [4.78, 5) is 21.5. The summed E-state index contributed by atoms with van der Waals surface area (Å²) in [6.45, 7) is 2.17. The average Bonchev–Trinajstić information content (AvgIpc) is 2.95. The van der Waals surface area contributed by atoms with E-state index in [1.165, 1.54) is 16.8 Å². The van der Waals surface area contributed by atoms with Gasteiger partial charge in [0.05, 0.1) is 0 Å². The molecule has 1 unspecified atom stereocenters. The van der Waals surface area contributed by atoms with Crippen LogP contribution in [0.1, 0.15) is 22.7 Å². The molecule has 2 aromatic rings. The third kappa shape index (κ3) is 5.06. The Hall–Kier alpha value is -2.86. The minimum absolute atomic E-state index is 0.520. The summed E-state index contributed by atoms with van der Waals surface area (Å²) in [5.74, 6) is -1.99. The van der Waals surface area contributed by atoms with Gasteiger partial charge in [-0.05, 0) is 24.2 Å². The molecule has 0 amide bonds. The fraction of sp³-hybridized carbons (Fsp3) is 0.263. The van der Waals surface area contributed by atoms with Crippen LogP contribution in [0, 0.1) is 0 Å². The molecule has 1 atom stereocenters. The zero-order valence-corrected chi connectivity index (χ0v) is 14.3. The highest BCUT2D eigenvalue weighted by molar-refractivity contribution is 5.89. The number of rotatable bonds is 3. The zero-order chi connectivity index (χ0) is 18.4. The van der Waals surface area contributed by atoms with E-state index in [9.17, 15) is 9.59 Å². The van der Waals surface area contributed by atoms with Crippen LogP contribution in [0.3, 0.4) is 0 Å². The van der Waals surface area contributed by atoms with Crippen molar-refractivity contribution in [2.75, 3.05) is 13.6 Å². The van der Waals surface area contributed by atoms with Gasteiger partial charge < -0.3 is 14.8 Å². The number of likely N-dealkylation sites (N-methyl/N-ethyl adjacent to an activating group) is 1. The number of hydrogen-bond donors (Lipinski definition) is 2. The first-order valence-corrected chi connectivity index (χ1v) is 7.90. The lowest BCUT2D eigenvalue weighted by Crippen LogP contribution is -2.31. The van der Waals surface area contributed by atoms with Gasteiger partial charge in [-0.25, -0.2) is 9.59 Å². The Morgan fingerprint density at radius 3 is 2.20 bits per heavy atom. The standard InChI is InChI=1S/C15H18N2.C4H4O4/c1-16-10-14(12-6-4-3-5-7-12)13-8-9-17(2)15(13)11-16;5-3(6)1-2-4(7)8/h3-9,14H,10-11H2,1-2H3;1-2H,(H,5,6)(H,7,8)/b;2-1-. The van der Waals surface area contributed by atoms with E-state index in [0.29, 0.717) is 18.1 Å². The maximum absolute atomic E-state index is 9.55. The molecule has 0 bridgehead atoms. The number of carboxylic acid groups (broad SMARTS) is 2. The third-order valence-corrected chi connectivity index (χ3v) is 4.10. The minimum Gasteiger partial charge on any atom is -0.478 e. The molecule has 1 aromatic carbocycles. The molecule has 0 aliphatic carbocycles. The van der Waals surface area contributed by atoms with Crippen LogP contribution < -0.4 is 0 Å². The third-order valence-electron chi connectivity index (χ3n) is 4.10. The fourth-order valence-corrected chi connectivity index (χ4v) is 2.95. The molecular weight excluding hydrogens is 320 g/mol. The SMILES string of the molecule is CN1Cc2c(ccn2C)C(c2ccccc2)C1.O=C(O)/C=C\C(=O)O. The molecule has 0 saturated heterocycles. The number of benzene rings is 1. The van der Waals surface area contributed by atoms with Gasteiger partial charge in [0, 0.05) is 50.1 Å². The number of fused-ring (bicyclic) bond motifs is 1. The molecular formula is C19H22N2O4. The molecule has 1 aromatic heterocycles. The predicted molar refractivity (Wildman–Crippen MR) is 94.4 cm³/mol. The van der Waals surface area contributed by atoms with Crippen LogP contribution in [-0.4, -0.2) is 45.2 Å². The van der Waals surface area contributed by atoms with Crippen LogP contribution in [0.25, 0.3) is 0 Å². The summed E-state index contributed by atoms with van der Waals surface area (Å²) < 4.78 is 2.25. The molecule has 2 N–H and O–H groups in total. The average molecular weight is 342 g/mol. The molecule has 2 heterocycles. The van der Waals surface area contributed by atoms with Gasteiger partial charge in [0.25, 0.3) is 0 Å². The highest BCUT2D eigenvalue weighted by Gasteiger charge is 2.26. The van der Waals surface area contributed by atoms with E-state index >= 15 is 0 Å². The number of aryl methyl sites for hydroxylation is 1. The van der Waals surface area contributed by atoms with E-state index in [0.717, 1.165) is 13.1 Å². The van der Waals surface area contributed by atoms with E-state index in [-0.39, 0.29) is 0 Å². The van der Waals surface area contributed by atoms with Gasteiger partial charge in [0.15, 0.2) is 0 Å². The first-order chi connectivity index (χ1) is 11.9. The Labute approximate surface area is 146 Å². The van der Waals surface area contributed by atoms with Crippen molar-refractivity contribution < 1.29 is 19.8 Å². The molecule has 132 valence electrons. The van der Waals surface area contributed by atoms with Gasteiger partial charge in [0.1, 0.15) is 0 Å². The van der Waals surface area contributed by atoms with E-state index in [4.69, 9.17) is 10.2 Å². The van der Waals surface area contributed by atoms with Gasteiger partial charge in [-0.15, -0.1) is 0 Å². The zero-order valence-electron chi connectivity index (χ0n) is 14.3. The summed E-state index contributed by atoms with van der Waals surface area (Å²) in [7, 11) is 4.34. The summed E-state index contributed by atoms with van der Waals surface area (Å²) in [5.41, 5.74) is 4.37. The first-order valence-electron chi connectivity index (χ1n) is 7.90. The van der Waals surface area contributed by atoms with E-state index in [2.05, 4.69) is 66.2 Å². The maximum atomic E-state index is 9.55. The van der Waals surface area contributed by atoms with E-state index in [1.807, 2.05) is 0 Å². The molecule has 25 heavy (non-hydrogen) atoms. The molecule has 0 saturated carbocycles. The summed E-state index contributed by atoms with van der Waals surface area (Å²) in [6, 6.07) is 13.1. The monoisotopic (exact) mass is 342 g/mol. The smallest absolute Gasteiger partial charge is 0.328 e. The number of nitrogens with zero attached hydrogens (tertiary/aromatic N) is 2. The van der Waals surface area contributed by atoms with Crippen molar-refractivity contribution in [1.29, 1.82) is 0 Å². The van der Waals surface area contributed by atoms with Crippen molar-refractivity contribution in [1.82, 2.24) is 9.47 Å². The minimum atomic E-state index is -1.26. The van der Waals surface area contributed by atoms with Gasteiger partial charge in [-0.2, -0.15) is 0 Å². The van der Waals surface area contributed by atoms with Crippen molar-refractivity contribution in [2.45, 2.75) is 12.5 Å². The largest absolute Gasteiger partial charge is 0.478 e. The lowest BCUT2D eigenvalue weighted by Gasteiger charge is -2.31. The second-order valence-electron chi connectivity index (χ2n) is 6.00. The topological polar surface area (TPSA) is 82.8 Å². The first kappa shape index (κ1) is 18.5. The van der Waals surface area contributed by atoms with Gasteiger partial charge in [-0.3, -0.25) is 4.90 Å². The van der Waals surface area contributed by atoms with Crippen molar-refractivity contribution in [3.05, 3.63) is 71.6 Å². The van der Waals surface area contributed by atoms with Crippen LogP contribution in [0.5, 0.6) is 0 Å². The molecule has 6 nitrogen and oxygen atoms in total. The second-order valence-corrected chi connectivity index (χ2v) is 6.00. The van der Waals surface area contributed by atoms with Crippen molar-refractivity contribution in [3.63, 3.8) is 0 Å². The van der Waals surface area contributed by atoms with Crippen LogP contribution in [0.4, 0.5) is 0 Å². The highest BCUT2D eigenvalue weighted by Crippen LogP contribution is 2.33. The molecule has 0 radical (unpaired) electrons. The summed E-state index contributed by atoms with van der Waals surface area (Å²) in [5, 5.41) is 15.6. The Morgan fingerprint density at radius 2 is 1.64 bits per heavy atom. The molecule has 6 heteroatoms. The molecule has 1 aliphatic rings. The second kappa shape index (κ2) is 8.30. The van der Waals surface area contributed by atoms with Crippen LogP contribution >= 0.6 is 0 Å². The van der Waals surface area contributed by atoms with Crippen molar-refractivity contribution in [3.8, 4) is 0 Å². The Morgan fingerprint density at radius 1 is 1.04 bits per heavy atom. The number of aliphatic carboxylic acids is 2. The maximum Gasteiger partial charge on any atom is 0.328 e. The number of carbonyl (C=O) groups is 2. The Kier molecular flexibility index (Phi) is 6.14. The van der Waals surface area contributed by atoms with Crippen molar-refractivity contribution in [2.24, 2.45) is 7.05 Å².